The third-order valence-corrected chi connectivity index (χ3v) is 6.94. The number of anilines is 4. The maximum atomic E-state index is 13.0. The topological polar surface area (TPSA) is 138 Å². The van der Waals surface area contributed by atoms with Crippen molar-refractivity contribution in [3.05, 3.63) is 78.5 Å². The first kappa shape index (κ1) is 29.5. The molecule has 1 aliphatic heterocycles. The summed E-state index contributed by atoms with van der Waals surface area (Å²) in [6, 6.07) is 18.8. The summed E-state index contributed by atoms with van der Waals surface area (Å²) in [7, 11) is 0.0773. The monoisotopic (exact) mass is 574 g/mol. The molecule has 4 bridgehead atoms. The molecule has 1 atom stereocenters. The van der Waals surface area contributed by atoms with Gasteiger partial charge in [0.05, 0.1) is 12.0 Å². The molecular formula is C30H34N6O4S. The molecule has 41 heavy (non-hydrogen) atoms. The number of hydrogen-bond acceptors (Lipinski definition) is 8. The van der Waals surface area contributed by atoms with E-state index in [1.165, 1.54) is 18.6 Å². The van der Waals surface area contributed by atoms with Gasteiger partial charge in [-0.25, -0.2) is 13.9 Å². The Morgan fingerprint density at radius 3 is 2.59 bits per heavy atom. The first-order chi connectivity index (χ1) is 19.9. The van der Waals surface area contributed by atoms with Crippen molar-refractivity contribution in [1.29, 1.82) is 0 Å². The van der Waals surface area contributed by atoms with Crippen molar-refractivity contribution in [3.8, 4) is 22.6 Å². The number of benzene rings is 3. The lowest BCUT2D eigenvalue weighted by atomic mass is 10.1. The third kappa shape index (κ3) is 8.03. The summed E-state index contributed by atoms with van der Waals surface area (Å²) in [5, 5.41) is 19.0. The van der Waals surface area contributed by atoms with E-state index in [1.807, 2.05) is 24.3 Å². The molecule has 10 nitrogen and oxygen atoms in total. The smallest absolute Gasteiger partial charge is 0.255 e. The van der Waals surface area contributed by atoms with Crippen molar-refractivity contribution in [2.75, 3.05) is 36.1 Å². The van der Waals surface area contributed by atoms with Crippen LogP contribution in [0, 0.1) is 0 Å². The normalized spacial score (nSPS) is 14.4. The van der Waals surface area contributed by atoms with Gasteiger partial charge in [-0.2, -0.15) is 4.98 Å². The number of hydrogen-bond donors (Lipinski definition) is 5. The molecule has 1 aromatic heterocycles. The summed E-state index contributed by atoms with van der Waals surface area (Å²) in [6.07, 6.45) is 3.67. The summed E-state index contributed by atoms with van der Waals surface area (Å²) in [4.78, 5) is 22.7. The molecule has 0 fully saturated rings. The average molecular weight is 575 g/mol. The lowest BCUT2D eigenvalue weighted by Gasteiger charge is -2.14. The summed E-state index contributed by atoms with van der Waals surface area (Å²) in [5.41, 5.74) is 2.97. The van der Waals surface area contributed by atoms with E-state index < -0.39 is 16.9 Å². The number of aromatic nitrogens is 2. The van der Waals surface area contributed by atoms with Crippen LogP contribution in [-0.2, 0) is 11.0 Å². The van der Waals surface area contributed by atoms with Crippen LogP contribution in [0.5, 0.6) is 11.5 Å². The molecule has 1 amide bonds. The molecule has 4 aromatic rings. The van der Waals surface area contributed by atoms with E-state index in [0.29, 0.717) is 47.5 Å². The van der Waals surface area contributed by atoms with E-state index in [2.05, 4.69) is 39.5 Å². The number of fused-ring (bicyclic) bond motifs is 4. The Kier molecular flexibility index (Phi) is 10.2. The van der Waals surface area contributed by atoms with Gasteiger partial charge in [-0.1, -0.05) is 38.5 Å². The van der Waals surface area contributed by atoms with E-state index >= 15 is 0 Å². The minimum Gasteiger partial charge on any atom is -0.508 e. The summed E-state index contributed by atoms with van der Waals surface area (Å²) in [5.74, 6) is 1.34. The van der Waals surface area contributed by atoms with E-state index in [1.54, 1.807) is 43.6 Å². The van der Waals surface area contributed by atoms with Crippen molar-refractivity contribution in [1.82, 2.24) is 14.7 Å². The second kappa shape index (κ2) is 14.2. The van der Waals surface area contributed by atoms with Crippen molar-refractivity contribution in [2.45, 2.75) is 31.6 Å². The number of amides is 1. The van der Waals surface area contributed by atoms with Crippen LogP contribution in [0.15, 0.2) is 77.8 Å². The fourth-order valence-electron chi connectivity index (χ4n) is 3.93. The number of nitrogens with zero attached hydrogens (tertiary/aromatic N) is 2. The van der Waals surface area contributed by atoms with Crippen LogP contribution in [-0.4, -0.2) is 45.4 Å². The Morgan fingerprint density at radius 1 is 1.07 bits per heavy atom. The number of carbonyl (C=O) groups excluding carboxylic acids is 1. The van der Waals surface area contributed by atoms with Crippen molar-refractivity contribution in [3.63, 3.8) is 0 Å². The van der Waals surface area contributed by atoms with Crippen molar-refractivity contribution in [2.24, 2.45) is 0 Å². The highest BCUT2D eigenvalue weighted by molar-refractivity contribution is 7.83. The molecule has 214 valence electrons. The minimum atomic E-state index is -1.54. The lowest BCUT2D eigenvalue weighted by molar-refractivity contribution is 0.102. The Balaban J connectivity index is 0.00000124. The van der Waals surface area contributed by atoms with E-state index in [4.69, 9.17) is 9.72 Å². The first-order valence-corrected chi connectivity index (χ1v) is 14.5. The second-order valence-corrected chi connectivity index (χ2v) is 10.5. The van der Waals surface area contributed by atoms with Crippen LogP contribution >= 0.6 is 0 Å². The standard InChI is InChI=1S/C27H26N6O4S.C3H8/c1-37-22-8-6-17(7-9-22)24-16-29-27-32-20-12-18(26(35)31-19-4-2-5-21(34)14-19)13-23(15-20)38(36)30-11-3-10-28-25(24)33-27;1-3-2/h2,4-9,12-16,30,34H,3,10-11H2,1H3,(H,31,35)(H2,28,29,32,33);3H2,1-2H3. The van der Waals surface area contributed by atoms with Gasteiger partial charge in [0.15, 0.2) is 0 Å². The third-order valence-electron chi connectivity index (χ3n) is 5.81. The zero-order valence-corrected chi connectivity index (χ0v) is 24.0. The quantitative estimate of drug-likeness (QED) is 0.209. The average Bonchev–Trinajstić information content (AvgIpc) is 2.97. The SMILES string of the molecule is CCC.COc1ccc(-c2cnc3nc2NCCCNS(=O)c2cc(cc(C(=O)Nc4cccc(O)c4)c2)N3)cc1. The lowest BCUT2D eigenvalue weighted by Crippen LogP contribution is -2.21. The number of carbonyl (C=O) groups is 1. The number of phenols is 1. The molecule has 0 saturated heterocycles. The molecule has 11 heteroatoms. The molecule has 0 saturated carbocycles. The molecule has 5 rings (SSSR count). The molecule has 0 aliphatic carbocycles. The molecule has 3 aromatic carbocycles. The van der Waals surface area contributed by atoms with Crippen LogP contribution in [0.4, 0.5) is 23.1 Å². The number of methoxy groups -OCH3 is 1. The van der Waals surface area contributed by atoms with Gasteiger partial charge in [0.1, 0.15) is 28.3 Å². The van der Waals surface area contributed by atoms with Crippen LogP contribution in [0.3, 0.4) is 0 Å². The molecule has 5 N–H and O–H groups in total. The highest BCUT2D eigenvalue weighted by Gasteiger charge is 2.16. The maximum absolute atomic E-state index is 13.0. The molecule has 0 radical (unpaired) electrons. The number of aromatic hydroxyl groups is 1. The fraction of sp³-hybridized carbons (Fsp3) is 0.233. The molecule has 1 unspecified atom stereocenters. The number of ether oxygens (including phenoxy) is 1. The zero-order chi connectivity index (χ0) is 29.2. The Morgan fingerprint density at radius 2 is 1.85 bits per heavy atom. The van der Waals surface area contributed by atoms with E-state index in [9.17, 15) is 14.1 Å². The predicted octanol–water partition coefficient (Wildman–Crippen LogP) is 5.70. The zero-order valence-electron chi connectivity index (χ0n) is 23.2. The number of rotatable bonds is 4. The van der Waals surface area contributed by atoms with Gasteiger partial charge in [0.2, 0.25) is 5.95 Å². The summed E-state index contributed by atoms with van der Waals surface area (Å²) < 4.78 is 21.3. The summed E-state index contributed by atoms with van der Waals surface area (Å²) in [6.45, 7) is 5.33. The number of nitrogens with one attached hydrogen (secondary N) is 4. The van der Waals surface area contributed by atoms with E-state index in [-0.39, 0.29) is 11.3 Å². The van der Waals surface area contributed by atoms with Crippen LogP contribution in [0.1, 0.15) is 37.0 Å². The second-order valence-electron chi connectivity index (χ2n) is 9.21. The Bertz CT molecular complexity index is 1510. The Labute approximate surface area is 242 Å². The van der Waals surface area contributed by atoms with Gasteiger partial charge in [-0.15, -0.1) is 0 Å². The highest BCUT2D eigenvalue weighted by Crippen LogP contribution is 2.30. The van der Waals surface area contributed by atoms with Gasteiger partial charge in [-0.3, -0.25) is 4.79 Å². The van der Waals surface area contributed by atoms with Crippen molar-refractivity contribution >= 4 is 40.0 Å². The molecule has 2 heterocycles. The van der Waals surface area contributed by atoms with E-state index in [0.717, 1.165) is 16.9 Å². The van der Waals surface area contributed by atoms with Crippen LogP contribution in [0.25, 0.3) is 11.1 Å². The fourth-order valence-corrected chi connectivity index (χ4v) is 4.89. The van der Waals surface area contributed by atoms with Gasteiger partial charge in [0.25, 0.3) is 5.91 Å². The Hall–Kier alpha value is -4.48. The maximum Gasteiger partial charge on any atom is 0.255 e. The van der Waals surface area contributed by atoms with Crippen molar-refractivity contribution < 1.29 is 18.8 Å². The molecular weight excluding hydrogens is 540 g/mol. The predicted molar refractivity (Wildman–Crippen MR) is 163 cm³/mol. The number of phenolic OH excluding ortho intramolecular Hbond substituents is 1. The van der Waals surface area contributed by atoms with Gasteiger partial charge >= 0.3 is 0 Å². The van der Waals surface area contributed by atoms with Gasteiger partial charge in [0, 0.05) is 47.9 Å². The first-order valence-electron chi connectivity index (χ1n) is 13.3. The summed E-state index contributed by atoms with van der Waals surface area (Å²) >= 11 is 0. The molecule has 1 aliphatic rings. The largest absolute Gasteiger partial charge is 0.508 e. The van der Waals surface area contributed by atoms with Gasteiger partial charge in [-0.05, 0) is 54.4 Å². The van der Waals surface area contributed by atoms with Crippen LogP contribution < -0.4 is 25.4 Å². The van der Waals surface area contributed by atoms with Gasteiger partial charge < -0.3 is 25.8 Å². The van der Waals surface area contributed by atoms with Crippen LogP contribution in [0.2, 0.25) is 0 Å². The highest BCUT2D eigenvalue weighted by atomic mass is 32.2. The molecule has 0 spiro atoms. The minimum absolute atomic E-state index is 0.0365.